The van der Waals surface area contributed by atoms with E-state index in [1.807, 2.05) is 30.3 Å². The summed E-state index contributed by atoms with van der Waals surface area (Å²) in [5.74, 6) is 0.752. The number of hydrogen-bond acceptors (Lipinski definition) is 5. The number of piperazine rings is 1. The summed E-state index contributed by atoms with van der Waals surface area (Å²) in [5, 5.41) is 6.95. The van der Waals surface area contributed by atoms with Gasteiger partial charge in [-0.3, -0.25) is 14.7 Å². The predicted molar refractivity (Wildman–Crippen MR) is 99.9 cm³/mol. The molecule has 2 aromatic heterocycles. The normalized spacial score (nSPS) is 14.1. The summed E-state index contributed by atoms with van der Waals surface area (Å²) >= 11 is 0. The molecular weight excluding hydrogens is 360 g/mol. The molecule has 1 N–H and O–H groups in total. The fourth-order valence-corrected chi connectivity index (χ4v) is 3.05. The third kappa shape index (κ3) is 3.90. The van der Waals surface area contributed by atoms with Crippen LogP contribution in [0.25, 0.3) is 0 Å². The van der Waals surface area contributed by atoms with Crippen molar-refractivity contribution in [1.82, 2.24) is 20.0 Å². The fourth-order valence-electron chi connectivity index (χ4n) is 3.05. The number of ether oxygens (including phenoxy) is 1. The van der Waals surface area contributed by atoms with Crippen molar-refractivity contribution in [3.63, 3.8) is 0 Å². The summed E-state index contributed by atoms with van der Waals surface area (Å²) in [4.78, 5) is 28.4. The molecule has 1 aliphatic heterocycles. The second-order valence-electron chi connectivity index (χ2n) is 6.44. The molecule has 0 atom stereocenters. The number of H-pyrrole nitrogens is 1. The van der Waals surface area contributed by atoms with Gasteiger partial charge < -0.3 is 19.0 Å². The van der Waals surface area contributed by atoms with E-state index in [-0.39, 0.29) is 11.8 Å². The average Bonchev–Trinajstić information content (AvgIpc) is 3.44. The summed E-state index contributed by atoms with van der Waals surface area (Å²) in [5.41, 5.74) is 1.07. The lowest BCUT2D eigenvalue weighted by Crippen LogP contribution is -2.50. The van der Waals surface area contributed by atoms with E-state index >= 15 is 0 Å². The number of carbonyl (C=O) groups is 2. The molecule has 8 nitrogen and oxygen atoms in total. The van der Waals surface area contributed by atoms with Crippen molar-refractivity contribution in [2.75, 3.05) is 26.2 Å². The van der Waals surface area contributed by atoms with E-state index in [9.17, 15) is 9.59 Å². The van der Waals surface area contributed by atoms with Gasteiger partial charge in [0.2, 0.25) is 0 Å². The molecule has 0 unspecified atom stereocenters. The molecule has 1 aromatic carbocycles. The van der Waals surface area contributed by atoms with Crippen LogP contribution in [0.4, 0.5) is 0 Å². The number of amides is 2. The Kier molecular flexibility index (Phi) is 5.09. The number of rotatable bonds is 5. The molecule has 0 bridgehead atoms. The molecular formula is C20H20N4O4. The third-order valence-electron chi connectivity index (χ3n) is 4.57. The van der Waals surface area contributed by atoms with Gasteiger partial charge in [-0.05, 0) is 30.3 Å². The molecule has 28 heavy (non-hydrogen) atoms. The standard InChI is InChI=1S/C20H20N4O4/c25-19(17-13-15(21-22-17)14-28-16-5-2-1-3-6-16)23-8-10-24(11-9-23)20(26)18-7-4-12-27-18/h1-7,12-13H,8-11,14H2,(H,21,22). The van der Waals surface area contributed by atoms with Crippen molar-refractivity contribution in [2.45, 2.75) is 6.61 Å². The van der Waals surface area contributed by atoms with Gasteiger partial charge in [0.05, 0.1) is 12.0 Å². The van der Waals surface area contributed by atoms with Crippen LogP contribution in [-0.2, 0) is 6.61 Å². The number of furan rings is 1. The largest absolute Gasteiger partial charge is 0.487 e. The Bertz CT molecular complexity index is 928. The third-order valence-corrected chi connectivity index (χ3v) is 4.57. The van der Waals surface area contributed by atoms with Crippen molar-refractivity contribution in [3.8, 4) is 5.75 Å². The second kappa shape index (κ2) is 7.99. The van der Waals surface area contributed by atoms with Crippen LogP contribution in [0, 0.1) is 0 Å². The van der Waals surface area contributed by atoms with Crippen molar-refractivity contribution < 1.29 is 18.7 Å². The highest BCUT2D eigenvalue weighted by Crippen LogP contribution is 2.14. The number of carbonyl (C=O) groups excluding carboxylic acids is 2. The maximum atomic E-state index is 12.7. The first kappa shape index (κ1) is 17.8. The summed E-state index contributed by atoms with van der Waals surface area (Å²) < 4.78 is 10.8. The monoisotopic (exact) mass is 380 g/mol. The van der Waals surface area contributed by atoms with Gasteiger partial charge in [0.25, 0.3) is 11.8 Å². The number of hydrogen-bond donors (Lipinski definition) is 1. The second-order valence-corrected chi connectivity index (χ2v) is 6.44. The van der Waals surface area contributed by atoms with E-state index in [4.69, 9.17) is 9.15 Å². The molecule has 0 spiro atoms. The van der Waals surface area contributed by atoms with Crippen LogP contribution in [0.2, 0.25) is 0 Å². The van der Waals surface area contributed by atoms with Crippen molar-refractivity contribution >= 4 is 11.8 Å². The van der Waals surface area contributed by atoms with Crippen LogP contribution in [0.3, 0.4) is 0 Å². The van der Waals surface area contributed by atoms with Crippen LogP contribution < -0.4 is 4.74 Å². The number of aromatic nitrogens is 2. The minimum atomic E-state index is -0.160. The van der Waals surface area contributed by atoms with E-state index in [0.717, 1.165) is 11.4 Å². The first-order valence-corrected chi connectivity index (χ1v) is 9.05. The Morgan fingerprint density at radius 2 is 1.71 bits per heavy atom. The molecule has 3 aromatic rings. The maximum absolute atomic E-state index is 12.7. The van der Waals surface area contributed by atoms with E-state index in [1.54, 1.807) is 28.0 Å². The number of nitrogens with one attached hydrogen (secondary N) is 1. The highest BCUT2D eigenvalue weighted by molar-refractivity contribution is 5.93. The molecule has 1 fully saturated rings. The number of nitrogens with zero attached hydrogens (tertiary/aromatic N) is 3. The Hall–Kier alpha value is -3.55. The van der Waals surface area contributed by atoms with Crippen LogP contribution in [0.5, 0.6) is 5.75 Å². The van der Waals surface area contributed by atoms with Crippen molar-refractivity contribution in [2.24, 2.45) is 0 Å². The topological polar surface area (TPSA) is 91.7 Å². The average molecular weight is 380 g/mol. The smallest absolute Gasteiger partial charge is 0.289 e. The molecule has 144 valence electrons. The van der Waals surface area contributed by atoms with E-state index in [0.29, 0.717) is 44.2 Å². The summed E-state index contributed by atoms with van der Waals surface area (Å²) in [6, 6.07) is 14.5. The van der Waals surface area contributed by atoms with Crippen LogP contribution in [-0.4, -0.2) is 58.0 Å². The molecule has 1 saturated heterocycles. The Balaban J connectivity index is 1.30. The van der Waals surface area contributed by atoms with Crippen molar-refractivity contribution in [3.05, 3.63) is 71.9 Å². The highest BCUT2D eigenvalue weighted by Gasteiger charge is 2.27. The Morgan fingerprint density at radius 3 is 2.39 bits per heavy atom. The lowest BCUT2D eigenvalue weighted by molar-refractivity contribution is 0.0515. The first-order chi connectivity index (χ1) is 13.7. The zero-order valence-electron chi connectivity index (χ0n) is 15.2. The van der Waals surface area contributed by atoms with E-state index in [2.05, 4.69) is 10.2 Å². The molecule has 8 heteroatoms. The highest BCUT2D eigenvalue weighted by atomic mass is 16.5. The summed E-state index contributed by atoms with van der Waals surface area (Å²) in [7, 11) is 0. The van der Waals surface area contributed by atoms with Gasteiger partial charge in [-0.15, -0.1) is 0 Å². The Morgan fingerprint density at radius 1 is 1.00 bits per heavy atom. The zero-order chi connectivity index (χ0) is 19.3. The molecule has 0 radical (unpaired) electrons. The van der Waals surface area contributed by atoms with E-state index < -0.39 is 0 Å². The minimum absolute atomic E-state index is 0.155. The number of para-hydroxylation sites is 1. The number of benzene rings is 1. The predicted octanol–water partition coefficient (Wildman–Crippen LogP) is 2.18. The summed E-state index contributed by atoms with van der Waals surface area (Å²) in [6.45, 7) is 2.12. The number of aromatic amines is 1. The van der Waals surface area contributed by atoms with Gasteiger partial charge in [0.1, 0.15) is 12.4 Å². The molecule has 3 heterocycles. The van der Waals surface area contributed by atoms with Crippen LogP contribution in [0.15, 0.2) is 59.2 Å². The lowest BCUT2D eigenvalue weighted by Gasteiger charge is -2.33. The quantitative estimate of drug-likeness (QED) is 0.733. The lowest BCUT2D eigenvalue weighted by atomic mass is 10.2. The van der Waals surface area contributed by atoms with Gasteiger partial charge in [0.15, 0.2) is 11.5 Å². The van der Waals surface area contributed by atoms with Gasteiger partial charge in [-0.1, -0.05) is 18.2 Å². The fraction of sp³-hybridized carbons (Fsp3) is 0.250. The summed E-state index contributed by atoms with van der Waals surface area (Å²) in [6.07, 6.45) is 1.48. The van der Waals surface area contributed by atoms with Crippen LogP contribution >= 0.6 is 0 Å². The SMILES string of the molecule is O=C(c1cc(COc2ccccc2)[nH]n1)N1CCN(C(=O)c2ccco2)CC1. The Labute approximate surface area is 161 Å². The van der Waals surface area contributed by atoms with Crippen LogP contribution in [0.1, 0.15) is 26.7 Å². The zero-order valence-corrected chi connectivity index (χ0v) is 15.2. The molecule has 4 rings (SSSR count). The minimum Gasteiger partial charge on any atom is -0.487 e. The van der Waals surface area contributed by atoms with E-state index in [1.165, 1.54) is 6.26 Å². The first-order valence-electron chi connectivity index (χ1n) is 9.05. The molecule has 0 saturated carbocycles. The van der Waals surface area contributed by atoms with Gasteiger partial charge in [0, 0.05) is 26.2 Å². The molecule has 1 aliphatic rings. The van der Waals surface area contributed by atoms with Gasteiger partial charge >= 0.3 is 0 Å². The van der Waals surface area contributed by atoms with Crippen molar-refractivity contribution in [1.29, 1.82) is 0 Å². The molecule has 2 amide bonds. The van der Waals surface area contributed by atoms with Gasteiger partial charge in [-0.2, -0.15) is 5.10 Å². The van der Waals surface area contributed by atoms with Gasteiger partial charge in [-0.25, -0.2) is 0 Å². The maximum Gasteiger partial charge on any atom is 0.289 e. The molecule has 0 aliphatic carbocycles.